The van der Waals surface area contributed by atoms with Crippen LogP contribution in [0.1, 0.15) is 27.2 Å². The SMILES string of the molecule is Cn1ncc2c(CN3CCc4[nH]c(=O)c(C(N)=O)cc4C3)cccc21. The number of hydrogen-bond acceptors (Lipinski definition) is 4. The first kappa shape index (κ1) is 15.6. The first-order valence-electron chi connectivity index (χ1n) is 8.20. The summed E-state index contributed by atoms with van der Waals surface area (Å²) in [5.74, 6) is -0.693. The molecule has 0 atom stereocenters. The summed E-state index contributed by atoms with van der Waals surface area (Å²) in [6, 6.07) is 7.84. The summed E-state index contributed by atoms with van der Waals surface area (Å²) >= 11 is 0. The number of amides is 1. The van der Waals surface area contributed by atoms with Crippen molar-refractivity contribution in [3.63, 3.8) is 0 Å². The Kier molecular flexibility index (Phi) is 3.65. The molecule has 0 unspecified atom stereocenters. The molecule has 3 aromatic rings. The van der Waals surface area contributed by atoms with E-state index in [0.717, 1.165) is 41.7 Å². The van der Waals surface area contributed by atoms with Crippen LogP contribution in [0.25, 0.3) is 10.9 Å². The maximum Gasteiger partial charge on any atom is 0.261 e. The second-order valence-corrected chi connectivity index (χ2v) is 6.46. The Morgan fingerprint density at radius 3 is 3.04 bits per heavy atom. The predicted molar refractivity (Wildman–Crippen MR) is 94.1 cm³/mol. The third kappa shape index (κ3) is 2.72. The van der Waals surface area contributed by atoms with Crippen molar-refractivity contribution in [3.8, 4) is 0 Å². The molecule has 0 radical (unpaired) electrons. The van der Waals surface area contributed by atoms with Crippen molar-refractivity contribution in [2.45, 2.75) is 19.5 Å². The third-order valence-electron chi connectivity index (χ3n) is 4.83. The highest BCUT2D eigenvalue weighted by molar-refractivity contribution is 5.92. The molecule has 1 aromatic carbocycles. The maximum atomic E-state index is 11.9. The second kappa shape index (κ2) is 5.86. The number of rotatable bonds is 3. The van der Waals surface area contributed by atoms with Crippen molar-refractivity contribution in [2.75, 3.05) is 6.54 Å². The molecule has 7 heteroatoms. The van der Waals surface area contributed by atoms with Crippen LogP contribution in [0, 0.1) is 0 Å². The number of nitrogens with one attached hydrogen (secondary N) is 1. The van der Waals surface area contributed by atoms with Gasteiger partial charge >= 0.3 is 0 Å². The largest absolute Gasteiger partial charge is 0.365 e. The number of aromatic nitrogens is 3. The van der Waals surface area contributed by atoms with Gasteiger partial charge in [-0.2, -0.15) is 5.10 Å². The number of fused-ring (bicyclic) bond motifs is 2. The smallest absolute Gasteiger partial charge is 0.261 e. The zero-order chi connectivity index (χ0) is 17.6. The van der Waals surface area contributed by atoms with Gasteiger partial charge in [-0.15, -0.1) is 0 Å². The van der Waals surface area contributed by atoms with Crippen molar-refractivity contribution in [1.29, 1.82) is 0 Å². The van der Waals surface area contributed by atoms with Crippen molar-refractivity contribution in [2.24, 2.45) is 12.8 Å². The van der Waals surface area contributed by atoms with E-state index in [0.29, 0.717) is 6.54 Å². The fourth-order valence-corrected chi connectivity index (χ4v) is 3.50. The first-order chi connectivity index (χ1) is 12.0. The third-order valence-corrected chi connectivity index (χ3v) is 4.83. The van der Waals surface area contributed by atoms with Crippen LogP contribution in [0.2, 0.25) is 0 Å². The lowest BCUT2D eigenvalue weighted by Crippen LogP contribution is -2.34. The van der Waals surface area contributed by atoms with Crippen LogP contribution in [0.15, 0.2) is 35.3 Å². The average Bonchev–Trinajstić information content (AvgIpc) is 2.97. The van der Waals surface area contributed by atoms with Gasteiger partial charge in [0.05, 0.1) is 11.7 Å². The van der Waals surface area contributed by atoms with E-state index in [9.17, 15) is 9.59 Å². The second-order valence-electron chi connectivity index (χ2n) is 6.46. The quantitative estimate of drug-likeness (QED) is 0.743. The van der Waals surface area contributed by atoms with Crippen LogP contribution < -0.4 is 11.3 Å². The summed E-state index contributed by atoms with van der Waals surface area (Å²) in [7, 11) is 1.94. The van der Waals surface area contributed by atoms with E-state index in [1.807, 2.05) is 24.0 Å². The van der Waals surface area contributed by atoms with Gasteiger partial charge in [0, 0.05) is 44.2 Å². The summed E-state index contributed by atoms with van der Waals surface area (Å²) < 4.78 is 1.87. The zero-order valence-electron chi connectivity index (χ0n) is 14.0. The number of benzene rings is 1. The van der Waals surface area contributed by atoms with Crippen LogP contribution in [0.3, 0.4) is 0 Å². The Morgan fingerprint density at radius 1 is 1.40 bits per heavy atom. The van der Waals surface area contributed by atoms with Crippen molar-refractivity contribution in [1.82, 2.24) is 19.7 Å². The molecule has 1 aliphatic rings. The number of carbonyl (C=O) groups excluding carboxylic acids is 1. The normalized spacial score (nSPS) is 14.6. The number of H-pyrrole nitrogens is 1. The van der Waals surface area contributed by atoms with E-state index < -0.39 is 11.5 Å². The summed E-state index contributed by atoms with van der Waals surface area (Å²) in [5, 5.41) is 5.48. The number of aromatic amines is 1. The topological polar surface area (TPSA) is 97.0 Å². The van der Waals surface area contributed by atoms with E-state index in [1.165, 1.54) is 5.56 Å². The van der Waals surface area contributed by atoms with Crippen molar-refractivity contribution >= 4 is 16.8 Å². The lowest BCUT2D eigenvalue weighted by atomic mass is 10.0. The number of hydrogen-bond donors (Lipinski definition) is 2. The molecule has 0 spiro atoms. The maximum absolute atomic E-state index is 11.9. The van der Waals surface area contributed by atoms with Crippen LogP contribution >= 0.6 is 0 Å². The number of pyridine rings is 1. The molecule has 0 aliphatic carbocycles. The molecule has 0 saturated heterocycles. The van der Waals surface area contributed by atoms with E-state index in [-0.39, 0.29) is 5.56 Å². The number of primary amides is 1. The van der Waals surface area contributed by atoms with E-state index in [4.69, 9.17) is 5.73 Å². The van der Waals surface area contributed by atoms with Crippen molar-refractivity contribution < 1.29 is 4.79 Å². The van der Waals surface area contributed by atoms with Gasteiger partial charge in [0.2, 0.25) is 0 Å². The minimum atomic E-state index is -0.693. The molecule has 128 valence electrons. The lowest BCUT2D eigenvalue weighted by molar-refractivity contribution is 0.0998. The van der Waals surface area contributed by atoms with E-state index in [2.05, 4.69) is 27.1 Å². The molecule has 0 fully saturated rings. The molecule has 0 saturated carbocycles. The number of nitrogens with zero attached hydrogens (tertiary/aromatic N) is 3. The van der Waals surface area contributed by atoms with E-state index in [1.54, 1.807) is 6.07 Å². The van der Waals surface area contributed by atoms with Crippen molar-refractivity contribution in [3.05, 3.63) is 63.2 Å². The molecule has 25 heavy (non-hydrogen) atoms. The van der Waals surface area contributed by atoms with Gasteiger partial charge in [-0.3, -0.25) is 19.2 Å². The average molecular weight is 337 g/mol. The highest BCUT2D eigenvalue weighted by Gasteiger charge is 2.20. The van der Waals surface area contributed by atoms with Gasteiger partial charge in [-0.25, -0.2) is 0 Å². The highest BCUT2D eigenvalue weighted by Crippen LogP contribution is 2.23. The Bertz CT molecular complexity index is 1030. The molecule has 3 N–H and O–H groups in total. The van der Waals surface area contributed by atoms with Crippen LogP contribution in [0.5, 0.6) is 0 Å². The predicted octanol–water partition coefficient (Wildman–Crippen LogP) is 0.919. The first-order valence-corrected chi connectivity index (χ1v) is 8.20. The molecule has 7 nitrogen and oxygen atoms in total. The number of aryl methyl sites for hydroxylation is 1. The van der Waals surface area contributed by atoms with Gasteiger partial charge in [-0.1, -0.05) is 12.1 Å². The Labute approximate surface area is 144 Å². The highest BCUT2D eigenvalue weighted by atomic mass is 16.2. The molecular weight excluding hydrogens is 318 g/mol. The number of carbonyl (C=O) groups is 1. The fraction of sp³-hybridized carbons (Fsp3) is 0.278. The molecule has 0 bridgehead atoms. The summed E-state index contributed by atoms with van der Waals surface area (Å²) in [4.78, 5) is 28.4. The van der Waals surface area contributed by atoms with Crippen LogP contribution in [-0.2, 0) is 26.6 Å². The molecule has 2 aromatic heterocycles. The van der Waals surface area contributed by atoms with Gasteiger partial charge in [0.25, 0.3) is 11.5 Å². The fourth-order valence-electron chi connectivity index (χ4n) is 3.50. The molecule has 4 rings (SSSR count). The summed E-state index contributed by atoms with van der Waals surface area (Å²) in [6.07, 6.45) is 2.64. The minimum Gasteiger partial charge on any atom is -0.365 e. The minimum absolute atomic E-state index is 0.0231. The Hall–Kier alpha value is -2.93. The van der Waals surface area contributed by atoms with Gasteiger partial charge in [-0.05, 0) is 23.3 Å². The Morgan fingerprint density at radius 2 is 2.24 bits per heavy atom. The molecule has 1 aliphatic heterocycles. The number of nitrogens with two attached hydrogens (primary N) is 1. The summed E-state index contributed by atoms with van der Waals surface area (Å²) in [5.41, 5.74) is 9.08. The summed E-state index contributed by atoms with van der Waals surface area (Å²) in [6.45, 7) is 2.30. The molecule has 3 heterocycles. The van der Waals surface area contributed by atoms with E-state index >= 15 is 0 Å². The molecule has 1 amide bonds. The van der Waals surface area contributed by atoms with Crippen LogP contribution in [-0.4, -0.2) is 32.1 Å². The van der Waals surface area contributed by atoms with Gasteiger partial charge in [0.15, 0.2) is 0 Å². The zero-order valence-corrected chi connectivity index (χ0v) is 14.0. The van der Waals surface area contributed by atoms with Crippen LogP contribution in [0.4, 0.5) is 0 Å². The lowest BCUT2D eigenvalue weighted by Gasteiger charge is -2.28. The van der Waals surface area contributed by atoms with Gasteiger partial charge < -0.3 is 10.7 Å². The molecular formula is C18H19N5O2. The van der Waals surface area contributed by atoms with Gasteiger partial charge in [0.1, 0.15) is 5.56 Å². The monoisotopic (exact) mass is 337 g/mol. The standard InChI is InChI=1S/C18H19N5O2/c1-22-16-4-2-3-11(14(16)8-20-22)9-23-6-5-15-12(10-23)7-13(17(19)24)18(25)21-15/h2-4,7-8H,5-6,9-10H2,1H3,(H2,19,24)(H,21,25). The Balaban J connectivity index is 1.63.